The molecule has 3 aliphatic rings. The molecule has 0 amide bonds. The predicted octanol–water partition coefficient (Wildman–Crippen LogP) is 2.81. The summed E-state index contributed by atoms with van der Waals surface area (Å²) >= 11 is 0. The molecule has 5 heterocycles. The van der Waals surface area contributed by atoms with Crippen LogP contribution in [0, 0.1) is 5.92 Å². The van der Waals surface area contributed by atoms with Gasteiger partial charge in [-0.1, -0.05) is 6.07 Å². The zero-order valence-electron chi connectivity index (χ0n) is 17.3. The fourth-order valence-corrected chi connectivity index (χ4v) is 4.09. The van der Waals surface area contributed by atoms with Crippen LogP contribution < -0.4 is 4.74 Å². The first-order valence-electron chi connectivity index (χ1n) is 10.4. The third-order valence-corrected chi connectivity index (χ3v) is 5.73. The van der Waals surface area contributed by atoms with E-state index in [0.29, 0.717) is 23.9 Å². The van der Waals surface area contributed by atoms with Crippen molar-refractivity contribution in [2.24, 2.45) is 5.92 Å². The van der Waals surface area contributed by atoms with Crippen LogP contribution in [0.1, 0.15) is 12.8 Å². The third kappa shape index (κ3) is 5.30. The van der Waals surface area contributed by atoms with Crippen LogP contribution in [0.2, 0.25) is 0 Å². The number of rotatable bonds is 5. The van der Waals surface area contributed by atoms with Crippen molar-refractivity contribution in [1.82, 2.24) is 20.1 Å². The Kier molecular flexibility index (Phi) is 6.46. The van der Waals surface area contributed by atoms with Crippen molar-refractivity contribution < 1.29 is 24.5 Å². The molecule has 166 valence electrons. The lowest BCUT2D eigenvalue weighted by molar-refractivity contribution is -0.134. The summed E-state index contributed by atoms with van der Waals surface area (Å²) in [6.07, 6.45) is 5.82. The highest BCUT2D eigenvalue weighted by Gasteiger charge is 2.35. The molecule has 0 unspecified atom stereocenters. The van der Waals surface area contributed by atoms with Crippen molar-refractivity contribution in [2.45, 2.75) is 18.9 Å². The summed E-state index contributed by atoms with van der Waals surface area (Å²) in [5.74, 6) is -1.20. The highest BCUT2D eigenvalue weighted by Crippen LogP contribution is 2.30. The lowest BCUT2D eigenvalue weighted by Crippen LogP contribution is -2.52. The summed E-state index contributed by atoms with van der Waals surface area (Å²) in [6, 6.07) is 12.3. The molecule has 9 heteroatoms. The summed E-state index contributed by atoms with van der Waals surface area (Å²) in [5, 5.41) is 25.5. The van der Waals surface area contributed by atoms with E-state index in [1.807, 2.05) is 18.3 Å². The number of carbonyl (C=O) groups is 2. The molecule has 1 aromatic carbocycles. The second-order valence-electron chi connectivity index (χ2n) is 7.84. The van der Waals surface area contributed by atoms with E-state index in [-0.39, 0.29) is 6.10 Å². The predicted molar refractivity (Wildman–Crippen MR) is 117 cm³/mol. The topological polar surface area (TPSA) is 129 Å². The van der Waals surface area contributed by atoms with Gasteiger partial charge < -0.3 is 19.9 Å². The summed E-state index contributed by atoms with van der Waals surface area (Å²) in [6.45, 7) is 3.46. The number of carboxylic acid groups (broad SMARTS) is 2. The molecule has 2 bridgehead atoms. The van der Waals surface area contributed by atoms with Gasteiger partial charge in [-0.05, 0) is 56.1 Å². The second kappa shape index (κ2) is 9.61. The lowest BCUT2D eigenvalue weighted by Gasteiger charge is -2.44. The number of nitrogens with zero attached hydrogens (tertiary/aromatic N) is 3. The molecule has 3 fully saturated rings. The number of fused-ring (bicyclic) bond motifs is 4. The summed E-state index contributed by atoms with van der Waals surface area (Å²) < 4.78 is 6.12. The maximum atomic E-state index is 9.55. The maximum Gasteiger partial charge on any atom is 0.328 e. The molecule has 6 rings (SSSR count). The Bertz CT molecular complexity index is 1100. The van der Waals surface area contributed by atoms with Gasteiger partial charge in [0.25, 0.3) is 0 Å². The van der Waals surface area contributed by atoms with Crippen LogP contribution in [0.3, 0.4) is 0 Å². The van der Waals surface area contributed by atoms with Gasteiger partial charge in [-0.3, -0.25) is 4.90 Å². The Labute approximate surface area is 184 Å². The van der Waals surface area contributed by atoms with E-state index in [0.717, 1.165) is 23.3 Å². The van der Waals surface area contributed by atoms with Gasteiger partial charge in [0.1, 0.15) is 6.10 Å². The van der Waals surface area contributed by atoms with Crippen LogP contribution >= 0.6 is 0 Å². The number of hydrogen-bond donors (Lipinski definition) is 3. The van der Waals surface area contributed by atoms with Crippen molar-refractivity contribution in [3.63, 3.8) is 0 Å². The standard InChI is InChI=1S/C19H20N4O.C4H4O4/c1-2-16-15(5-8-20-16)11-14(1)17-3-4-19(22-21-17)24-18-12-23-9-6-13(18)7-10-23;5-3(6)1-2-4(7)8/h1-5,8,11,13,18,20H,6-7,9-10,12H2;1-2H,(H,5,6)(H,7,8)/b;2-1+/t18-;/m0./s1. The van der Waals surface area contributed by atoms with E-state index in [1.54, 1.807) is 0 Å². The first-order valence-corrected chi connectivity index (χ1v) is 10.4. The van der Waals surface area contributed by atoms with Gasteiger partial charge in [0.15, 0.2) is 0 Å². The van der Waals surface area contributed by atoms with Gasteiger partial charge in [0.05, 0.1) is 5.69 Å². The fourth-order valence-electron chi connectivity index (χ4n) is 4.09. The Morgan fingerprint density at radius 1 is 1.03 bits per heavy atom. The zero-order valence-corrected chi connectivity index (χ0v) is 17.3. The lowest BCUT2D eigenvalue weighted by atomic mass is 9.86. The van der Waals surface area contributed by atoms with Gasteiger partial charge in [-0.15, -0.1) is 10.2 Å². The SMILES string of the molecule is O=C(O)/C=C/C(=O)O.c1cc2cc(-c3ccc(O[C@H]4CN5CCC4CC5)nn3)ccc2[nH]1. The molecule has 3 saturated heterocycles. The van der Waals surface area contributed by atoms with Crippen molar-refractivity contribution in [3.8, 4) is 17.1 Å². The molecule has 32 heavy (non-hydrogen) atoms. The molecular formula is C23H24N4O5. The molecule has 3 aliphatic heterocycles. The molecule has 2 aromatic heterocycles. The minimum atomic E-state index is -1.26. The van der Waals surface area contributed by atoms with E-state index in [1.165, 1.54) is 31.3 Å². The summed E-state index contributed by atoms with van der Waals surface area (Å²) in [4.78, 5) is 24.8. The average molecular weight is 436 g/mol. The minimum Gasteiger partial charge on any atom is -0.478 e. The Morgan fingerprint density at radius 3 is 2.38 bits per heavy atom. The van der Waals surface area contributed by atoms with Gasteiger partial charge >= 0.3 is 11.9 Å². The molecular weight excluding hydrogens is 412 g/mol. The van der Waals surface area contributed by atoms with E-state index >= 15 is 0 Å². The molecule has 0 aliphatic carbocycles. The summed E-state index contributed by atoms with van der Waals surface area (Å²) in [7, 11) is 0. The number of carboxylic acids is 2. The third-order valence-electron chi connectivity index (χ3n) is 5.73. The van der Waals surface area contributed by atoms with Gasteiger partial charge in [0.2, 0.25) is 5.88 Å². The first kappa shape index (κ1) is 21.5. The zero-order chi connectivity index (χ0) is 22.5. The molecule has 3 N–H and O–H groups in total. The monoisotopic (exact) mass is 436 g/mol. The molecule has 1 atom stereocenters. The van der Waals surface area contributed by atoms with Crippen LogP contribution in [0.25, 0.3) is 22.2 Å². The average Bonchev–Trinajstić information content (AvgIpc) is 3.27. The highest BCUT2D eigenvalue weighted by molar-refractivity contribution is 5.89. The van der Waals surface area contributed by atoms with Crippen LogP contribution in [0.15, 0.2) is 54.7 Å². The number of benzene rings is 1. The van der Waals surface area contributed by atoms with Crippen LogP contribution in [-0.4, -0.2) is 68.0 Å². The van der Waals surface area contributed by atoms with Crippen molar-refractivity contribution in [1.29, 1.82) is 0 Å². The number of ether oxygens (including phenoxy) is 1. The summed E-state index contributed by atoms with van der Waals surface area (Å²) in [5.41, 5.74) is 3.08. The second-order valence-corrected chi connectivity index (χ2v) is 7.84. The fraction of sp³-hybridized carbons (Fsp3) is 0.304. The number of hydrogen-bond acceptors (Lipinski definition) is 6. The Hall–Kier alpha value is -3.72. The first-order chi connectivity index (χ1) is 15.5. The van der Waals surface area contributed by atoms with Crippen LogP contribution in [0.5, 0.6) is 5.88 Å². The van der Waals surface area contributed by atoms with Crippen molar-refractivity contribution >= 4 is 22.8 Å². The number of H-pyrrole nitrogens is 1. The number of piperidine rings is 3. The van der Waals surface area contributed by atoms with Gasteiger partial charge in [-0.25, -0.2) is 9.59 Å². The molecule has 3 aromatic rings. The van der Waals surface area contributed by atoms with E-state index < -0.39 is 11.9 Å². The maximum absolute atomic E-state index is 9.55. The Morgan fingerprint density at radius 2 is 1.78 bits per heavy atom. The number of aromatic amines is 1. The normalized spacial score (nSPS) is 21.8. The van der Waals surface area contributed by atoms with E-state index in [9.17, 15) is 9.59 Å². The van der Waals surface area contributed by atoms with E-state index in [4.69, 9.17) is 14.9 Å². The minimum absolute atomic E-state index is 0.267. The quantitative estimate of drug-likeness (QED) is 0.521. The van der Waals surface area contributed by atoms with Crippen molar-refractivity contribution in [3.05, 3.63) is 54.7 Å². The highest BCUT2D eigenvalue weighted by atomic mass is 16.5. The van der Waals surface area contributed by atoms with Crippen molar-refractivity contribution in [2.75, 3.05) is 19.6 Å². The number of nitrogens with one attached hydrogen (secondary N) is 1. The molecule has 0 radical (unpaired) electrons. The molecule has 9 nitrogen and oxygen atoms in total. The smallest absolute Gasteiger partial charge is 0.328 e. The number of aromatic nitrogens is 3. The molecule has 0 spiro atoms. The van der Waals surface area contributed by atoms with Gasteiger partial charge in [0, 0.05) is 47.4 Å². The number of aliphatic carboxylic acids is 2. The largest absolute Gasteiger partial charge is 0.478 e. The Balaban J connectivity index is 0.000000265. The van der Waals surface area contributed by atoms with E-state index in [2.05, 4.69) is 44.3 Å². The molecule has 0 saturated carbocycles. The van der Waals surface area contributed by atoms with Crippen LogP contribution in [0.4, 0.5) is 0 Å². The van der Waals surface area contributed by atoms with Crippen LogP contribution in [-0.2, 0) is 9.59 Å². The van der Waals surface area contributed by atoms with Gasteiger partial charge in [-0.2, -0.15) is 0 Å².